The molecule has 0 bridgehead atoms. The van der Waals surface area contributed by atoms with Gasteiger partial charge in [0, 0.05) is 31.9 Å². The summed E-state index contributed by atoms with van der Waals surface area (Å²) < 4.78 is 5.23. The third kappa shape index (κ3) is 3.73. The van der Waals surface area contributed by atoms with Crippen molar-refractivity contribution in [3.8, 4) is 16.2 Å². The van der Waals surface area contributed by atoms with Gasteiger partial charge in [-0.05, 0) is 36.8 Å². The molecule has 1 amide bonds. The van der Waals surface area contributed by atoms with Crippen LogP contribution < -0.4 is 9.64 Å². The van der Waals surface area contributed by atoms with Crippen LogP contribution in [-0.4, -0.2) is 49.1 Å². The normalized spacial score (nSPS) is 14.2. The maximum atomic E-state index is 13.2. The summed E-state index contributed by atoms with van der Waals surface area (Å²) in [6, 6.07) is 18.1. The van der Waals surface area contributed by atoms with Crippen molar-refractivity contribution < 1.29 is 9.53 Å². The lowest BCUT2D eigenvalue weighted by Crippen LogP contribution is -2.49. The SMILES string of the molecule is COc1ccc(N2CCN(C(=O)c3nc(C)sc3-c3ccccc3)CC2)cc1. The third-order valence-corrected chi connectivity index (χ3v) is 6.00. The molecule has 0 radical (unpaired) electrons. The van der Waals surface area contributed by atoms with Crippen LogP contribution in [0.2, 0.25) is 0 Å². The van der Waals surface area contributed by atoms with Crippen molar-refractivity contribution in [1.82, 2.24) is 9.88 Å². The molecule has 0 spiro atoms. The number of aromatic nitrogens is 1. The lowest BCUT2D eigenvalue weighted by atomic mass is 10.1. The minimum absolute atomic E-state index is 0.0255. The fraction of sp³-hybridized carbons (Fsp3) is 0.273. The molecule has 5 nitrogen and oxygen atoms in total. The van der Waals surface area contributed by atoms with Gasteiger partial charge in [0.15, 0.2) is 0 Å². The Labute approximate surface area is 169 Å². The minimum Gasteiger partial charge on any atom is -0.497 e. The van der Waals surface area contributed by atoms with Gasteiger partial charge < -0.3 is 14.5 Å². The van der Waals surface area contributed by atoms with Gasteiger partial charge in [-0.3, -0.25) is 4.79 Å². The number of hydrogen-bond donors (Lipinski definition) is 0. The van der Waals surface area contributed by atoms with Crippen molar-refractivity contribution in [2.75, 3.05) is 38.2 Å². The first-order valence-electron chi connectivity index (χ1n) is 9.37. The van der Waals surface area contributed by atoms with Crippen LogP contribution in [0.4, 0.5) is 5.69 Å². The second-order valence-corrected chi connectivity index (χ2v) is 7.96. The Morgan fingerprint density at radius 2 is 1.68 bits per heavy atom. The van der Waals surface area contributed by atoms with Gasteiger partial charge in [-0.1, -0.05) is 30.3 Å². The first-order chi connectivity index (χ1) is 13.7. The van der Waals surface area contributed by atoms with E-state index in [1.54, 1.807) is 18.4 Å². The molecule has 0 N–H and O–H groups in total. The maximum Gasteiger partial charge on any atom is 0.274 e. The van der Waals surface area contributed by atoms with E-state index in [0.29, 0.717) is 18.8 Å². The second kappa shape index (κ2) is 8.02. The third-order valence-electron chi connectivity index (χ3n) is 4.98. The molecule has 4 rings (SSSR count). The number of piperazine rings is 1. The molecule has 0 aliphatic carbocycles. The number of carbonyl (C=O) groups excluding carboxylic acids is 1. The summed E-state index contributed by atoms with van der Waals surface area (Å²) in [7, 11) is 1.67. The van der Waals surface area contributed by atoms with Gasteiger partial charge in [0.1, 0.15) is 11.4 Å². The van der Waals surface area contributed by atoms with E-state index in [-0.39, 0.29) is 5.91 Å². The number of thiazole rings is 1. The number of aryl methyl sites for hydroxylation is 1. The predicted molar refractivity (Wildman–Crippen MR) is 113 cm³/mol. The summed E-state index contributed by atoms with van der Waals surface area (Å²) in [5.41, 5.74) is 2.78. The van der Waals surface area contributed by atoms with Crippen LogP contribution in [0.25, 0.3) is 10.4 Å². The van der Waals surface area contributed by atoms with Gasteiger partial charge in [-0.25, -0.2) is 4.98 Å². The Morgan fingerprint density at radius 3 is 2.32 bits per heavy atom. The van der Waals surface area contributed by atoms with Crippen LogP contribution in [0.15, 0.2) is 54.6 Å². The topological polar surface area (TPSA) is 45.7 Å². The van der Waals surface area contributed by atoms with E-state index in [2.05, 4.69) is 22.0 Å². The first-order valence-corrected chi connectivity index (χ1v) is 10.2. The zero-order chi connectivity index (χ0) is 19.5. The molecule has 144 valence electrons. The van der Waals surface area contributed by atoms with Crippen LogP contribution >= 0.6 is 11.3 Å². The molecule has 0 unspecified atom stereocenters. The van der Waals surface area contributed by atoms with Gasteiger partial charge in [0.25, 0.3) is 5.91 Å². The molecule has 1 aliphatic rings. The van der Waals surface area contributed by atoms with E-state index in [1.165, 1.54) is 0 Å². The largest absolute Gasteiger partial charge is 0.497 e. The van der Waals surface area contributed by atoms with Gasteiger partial charge >= 0.3 is 0 Å². The van der Waals surface area contributed by atoms with Crippen LogP contribution in [-0.2, 0) is 0 Å². The average molecular weight is 394 g/mol. The number of amides is 1. The molecule has 2 heterocycles. The second-order valence-electron chi connectivity index (χ2n) is 6.75. The zero-order valence-electron chi connectivity index (χ0n) is 16.1. The Hall–Kier alpha value is -2.86. The molecule has 1 aliphatic heterocycles. The number of benzene rings is 2. The Kier molecular flexibility index (Phi) is 5.30. The van der Waals surface area contributed by atoms with Crippen LogP contribution in [0.1, 0.15) is 15.5 Å². The highest BCUT2D eigenvalue weighted by Crippen LogP contribution is 2.31. The fourth-order valence-corrected chi connectivity index (χ4v) is 4.38. The van der Waals surface area contributed by atoms with E-state index < -0.39 is 0 Å². The van der Waals surface area contributed by atoms with Crippen molar-refractivity contribution >= 4 is 22.9 Å². The summed E-state index contributed by atoms with van der Waals surface area (Å²) in [6.07, 6.45) is 0. The molecule has 0 atom stereocenters. The van der Waals surface area contributed by atoms with Crippen molar-refractivity contribution in [3.05, 3.63) is 65.3 Å². The number of ether oxygens (including phenoxy) is 1. The molecular weight excluding hydrogens is 370 g/mol. The molecule has 28 heavy (non-hydrogen) atoms. The molecule has 1 fully saturated rings. The Bertz CT molecular complexity index is 946. The van der Waals surface area contributed by atoms with Crippen molar-refractivity contribution in [2.45, 2.75) is 6.92 Å². The summed E-state index contributed by atoms with van der Waals surface area (Å²) in [5, 5.41) is 0.916. The lowest BCUT2D eigenvalue weighted by molar-refractivity contribution is 0.0742. The number of methoxy groups -OCH3 is 1. The number of hydrogen-bond acceptors (Lipinski definition) is 5. The number of nitrogens with zero attached hydrogens (tertiary/aromatic N) is 3. The highest BCUT2D eigenvalue weighted by Gasteiger charge is 2.27. The standard InChI is InChI=1S/C22H23N3O2S/c1-16-23-20(21(28-16)17-6-4-3-5-7-17)22(26)25-14-12-24(13-15-25)18-8-10-19(27-2)11-9-18/h3-11H,12-15H2,1-2H3. The zero-order valence-corrected chi connectivity index (χ0v) is 16.9. The number of carbonyl (C=O) groups is 1. The maximum absolute atomic E-state index is 13.2. The van der Waals surface area contributed by atoms with E-state index in [9.17, 15) is 4.79 Å². The highest BCUT2D eigenvalue weighted by atomic mass is 32.1. The summed E-state index contributed by atoms with van der Waals surface area (Å²) in [4.78, 5) is 22.9. The fourth-order valence-electron chi connectivity index (χ4n) is 3.47. The predicted octanol–water partition coefficient (Wildman–Crippen LogP) is 4.09. The number of rotatable bonds is 4. The summed E-state index contributed by atoms with van der Waals surface area (Å²) in [5.74, 6) is 0.877. The average Bonchev–Trinajstić information content (AvgIpc) is 3.16. The van der Waals surface area contributed by atoms with E-state index in [1.807, 2.05) is 54.3 Å². The monoisotopic (exact) mass is 393 g/mol. The molecule has 1 saturated heterocycles. The number of anilines is 1. The highest BCUT2D eigenvalue weighted by molar-refractivity contribution is 7.15. The van der Waals surface area contributed by atoms with Crippen molar-refractivity contribution in [3.63, 3.8) is 0 Å². The van der Waals surface area contributed by atoms with E-state index in [4.69, 9.17) is 4.74 Å². The van der Waals surface area contributed by atoms with Crippen LogP contribution in [0.3, 0.4) is 0 Å². The van der Waals surface area contributed by atoms with Crippen LogP contribution in [0.5, 0.6) is 5.75 Å². The van der Waals surface area contributed by atoms with Crippen molar-refractivity contribution in [2.24, 2.45) is 0 Å². The van der Waals surface area contributed by atoms with Gasteiger partial charge in [0.2, 0.25) is 0 Å². The first kappa shape index (κ1) is 18.5. The molecule has 2 aromatic carbocycles. The molecule has 0 saturated carbocycles. The van der Waals surface area contributed by atoms with Gasteiger partial charge in [-0.15, -0.1) is 11.3 Å². The smallest absolute Gasteiger partial charge is 0.274 e. The molecule has 3 aromatic rings. The quantitative estimate of drug-likeness (QED) is 0.670. The van der Waals surface area contributed by atoms with Crippen molar-refractivity contribution in [1.29, 1.82) is 0 Å². The van der Waals surface area contributed by atoms with Gasteiger partial charge in [-0.2, -0.15) is 0 Å². The minimum atomic E-state index is 0.0255. The Balaban J connectivity index is 1.47. The lowest BCUT2D eigenvalue weighted by Gasteiger charge is -2.36. The molecule has 6 heteroatoms. The van der Waals surface area contributed by atoms with E-state index in [0.717, 1.165) is 40.0 Å². The Morgan fingerprint density at radius 1 is 1.00 bits per heavy atom. The summed E-state index contributed by atoms with van der Waals surface area (Å²) >= 11 is 1.58. The van der Waals surface area contributed by atoms with Crippen LogP contribution in [0, 0.1) is 6.92 Å². The van der Waals surface area contributed by atoms with E-state index >= 15 is 0 Å². The van der Waals surface area contributed by atoms with Gasteiger partial charge in [0.05, 0.1) is 17.0 Å². The molecule has 1 aromatic heterocycles. The molecular formula is C22H23N3O2S. The summed E-state index contributed by atoms with van der Waals surface area (Å²) in [6.45, 7) is 4.95.